The minimum Gasteiger partial charge on any atom is -0.465 e. The molecule has 7 nitrogen and oxygen atoms in total. The van der Waals surface area contributed by atoms with E-state index in [-0.39, 0.29) is 11.9 Å². The van der Waals surface area contributed by atoms with Crippen molar-refractivity contribution in [3.05, 3.63) is 65.0 Å². The number of aromatic nitrogens is 3. The number of nitrogens with one attached hydrogen (secondary N) is 2. The molecule has 4 aromatic rings. The standard InChI is InChI=1S/C21H18N4O3/c1-28-21(27)12-6-7-16-14(10-12)15-11-25(9-8-17(15)22-16)20(26)19-13-4-2-3-5-18(13)23-24-19/h2-7,10,22H,8-9,11H2,1H3,(H,23,24). The molecule has 0 fully saturated rings. The first-order chi connectivity index (χ1) is 13.7. The van der Waals surface area contributed by atoms with Crippen LogP contribution in [-0.2, 0) is 17.7 Å². The predicted octanol–water partition coefficient (Wildman–Crippen LogP) is 3.03. The van der Waals surface area contributed by atoms with Gasteiger partial charge in [0.25, 0.3) is 5.91 Å². The van der Waals surface area contributed by atoms with Crippen LogP contribution in [0.4, 0.5) is 0 Å². The molecule has 7 heteroatoms. The quantitative estimate of drug-likeness (QED) is 0.528. The van der Waals surface area contributed by atoms with Crippen LogP contribution in [0.3, 0.4) is 0 Å². The van der Waals surface area contributed by atoms with Gasteiger partial charge in [-0.05, 0) is 24.3 Å². The molecule has 1 amide bonds. The third-order valence-electron chi connectivity index (χ3n) is 5.36. The molecule has 0 radical (unpaired) electrons. The minimum absolute atomic E-state index is 0.0958. The van der Waals surface area contributed by atoms with Crippen molar-refractivity contribution < 1.29 is 14.3 Å². The Morgan fingerprint density at radius 1 is 1.11 bits per heavy atom. The predicted molar refractivity (Wildman–Crippen MR) is 104 cm³/mol. The highest BCUT2D eigenvalue weighted by Gasteiger charge is 2.27. The summed E-state index contributed by atoms with van der Waals surface area (Å²) in [5, 5.41) is 8.93. The van der Waals surface area contributed by atoms with Gasteiger partial charge in [-0.1, -0.05) is 18.2 Å². The highest BCUT2D eigenvalue weighted by molar-refractivity contribution is 6.05. The number of methoxy groups -OCH3 is 1. The summed E-state index contributed by atoms with van der Waals surface area (Å²) in [5.74, 6) is -0.467. The topological polar surface area (TPSA) is 91.1 Å². The lowest BCUT2D eigenvalue weighted by molar-refractivity contribution is 0.0600. The zero-order valence-electron chi connectivity index (χ0n) is 15.3. The molecule has 0 saturated carbocycles. The fourth-order valence-electron chi connectivity index (χ4n) is 3.91. The maximum absolute atomic E-state index is 13.1. The molecule has 0 unspecified atom stereocenters. The number of hydrogen-bond donors (Lipinski definition) is 2. The summed E-state index contributed by atoms with van der Waals surface area (Å²) in [6.45, 7) is 1.09. The largest absolute Gasteiger partial charge is 0.465 e. The summed E-state index contributed by atoms with van der Waals surface area (Å²) >= 11 is 0. The van der Waals surface area contributed by atoms with Crippen LogP contribution in [0.2, 0.25) is 0 Å². The average molecular weight is 374 g/mol. The molecular formula is C21H18N4O3. The zero-order valence-corrected chi connectivity index (χ0v) is 15.3. The Labute approximate surface area is 160 Å². The summed E-state index contributed by atoms with van der Waals surface area (Å²) < 4.78 is 4.83. The van der Waals surface area contributed by atoms with E-state index in [4.69, 9.17) is 4.74 Å². The molecule has 0 aliphatic carbocycles. The maximum Gasteiger partial charge on any atom is 0.337 e. The summed E-state index contributed by atoms with van der Waals surface area (Å²) in [5.41, 5.74) is 4.89. The molecule has 5 rings (SSSR count). The second-order valence-electron chi connectivity index (χ2n) is 6.93. The molecule has 1 aliphatic heterocycles. The number of hydrogen-bond acceptors (Lipinski definition) is 4. The summed E-state index contributed by atoms with van der Waals surface area (Å²) in [7, 11) is 1.37. The Hall–Kier alpha value is -3.61. The lowest BCUT2D eigenvalue weighted by atomic mass is 10.0. The Bertz CT molecular complexity index is 1240. The maximum atomic E-state index is 13.1. The van der Waals surface area contributed by atoms with Gasteiger partial charge in [-0.2, -0.15) is 5.10 Å². The second kappa shape index (κ2) is 6.23. The monoisotopic (exact) mass is 374 g/mol. The first-order valence-electron chi connectivity index (χ1n) is 9.10. The van der Waals surface area contributed by atoms with Gasteiger partial charge in [-0.25, -0.2) is 4.79 Å². The van der Waals surface area contributed by atoms with E-state index in [2.05, 4.69) is 15.2 Å². The van der Waals surface area contributed by atoms with Crippen LogP contribution in [0.15, 0.2) is 42.5 Å². The molecule has 2 N–H and O–H groups in total. The SMILES string of the molecule is COC(=O)c1ccc2[nH]c3c(c2c1)CN(C(=O)c1n[nH]c2ccccc12)CC3. The van der Waals surface area contributed by atoms with Crippen molar-refractivity contribution in [1.82, 2.24) is 20.1 Å². The van der Waals surface area contributed by atoms with Crippen LogP contribution in [0.1, 0.15) is 32.1 Å². The molecule has 3 heterocycles. The van der Waals surface area contributed by atoms with E-state index >= 15 is 0 Å². The molecule has 1 aliphatic rings. The smallest absolute Gasteiger partial charge is 0.337 e. The molecule has 140 valence electrons. The number of fused-ring (bicyclic) bond motifs is 4. The number of benzene rings is 2. The Morgan fingerprint density at radius 2 is 1.96 bits per heavy atom. The van der Waals surface area contributed by atoms with E-state index in [1.54, 1.807) is 6.07 Å². The van der Waals surface area contributed by atoms with Crippen molar-refractivity contribution in [3.8, 4) is 0 Å². The van der Waals surface area contributed by atoms with Gasteiger partial charge in [0.05, 0.1) is 18.2 Å². The van der Waals surface area contributed by atoms with Crippen molar-refractivity contribution >= 4 is 33.7 Å². The average Bonchev–Trinajstić information content (AvgIpc) is 3.33. The van der Waals surface area contributed by atoms with E-state index in [1.165, 1.54) is 7.11 Å². The number of H-pyrrole nitrogens is 2. The number of nitrogens with zero attached hydrogens (tertiary/aromatic N) is 2. The van der Waals surface area contributed by atoms with Crippen LogP contribution in [-0.4, -0.2) is 45.6 Å². The zero-order chi connectivity index (χ0) is 19.3. The molecule has 28 heavy (non-hydrogen) atoms. The highest BCUT2D eigenvalue weighted by atomic mass is 16.5. The second-order valence-corrected chi connectivity index (χ2v) is 6.93. The fourth-order valence-corrected chi connectivity index (χ4v) is 3.91. The van der Waals surface area contributed by atoms with Crippen molar-refractivity contribution in [2.24, 2.45) is 0 Å². The number of ether oxygens (including phenoxy) is 1. The number of rotatable bonds is 2. The van der Waals surface area contributed by atoms with Crippen LogP contribution in [0.5, 0.6) is 0 Å². The first kappa shape index (κ1) is 16.6. The van der Waals surface area contributed by atoms with E-state index < -0.39 is 0 Å². The molecule has 0 spiro atoms. The van der Waals surface area contributed by atoms with Crippen LogP contribution >= 0.6 is 0 Å². The first-order valence-corrected chi connectivity index (χ1v) is 9.10. The fraction of sp³-hybridized carbons (Fsp3) is 0.190. The number of amides is 1. The van der Waals surface area contributed by atoms with Crippen LogP contribution in [0, 0.1) is 0 Å². The van der Waals surface area contributed by atoms with Crippen molar-refractivity contribution in [2.45, 2.75) is 13.0 Å². The number of esters is 1. The highest BCUT2D eigenvalue weighted by Crippen LogP contribution is 2.30. The molecule has 0 saturated heterocycles. The third kappa shape index (κ3) is 2.47. The van der Waals surface area contributed by atoms with Gasteiger partial charge < -0.3 is 14.6 Å². The van der Waals surface area contributed by atoms with Crippen LogP contribution in [0.25, 0.3) is 21.8 Å². The van der Waals surface area contributed by atoms with Crippen molar-refractivity contribution in [1.29, 1.82) is 0 Å². The third-order valence-corrected chi connectivity index (χ3v) is 5.36. The van der Waals surface area contributed by atoms with Gasteiger partial charge in [0.15, 0.2) is 5.69 Å². The lowest BCUT2D eigenvalue weighted by Gasteiger charge is -2.26. The molecule has 0 atom stereocenters. The van der Waals surface area contributed by atoms with E-state index in [9.17, 15) is 9.59 Å². The minimum atomic E-state index is -0.372. The molecule has 2 aromatic heterocycles. The molecule has 0 bridgehead atoms. The van der Waals surface area contributed by atoms with Gasteiger partial charge in [0, 0.05) is 47.1 Å². The van der Waals surface area contributed by atoms with Crippen LogP contribution < -0.4 is 0 Å². The lowest BCUT2D eigenvalue weighted by Crippen LogP contribution is -2.36. The normalized spacial score (nSPS) is 13.7. The molecular weight excluding hydrogens is 356 g/mol. The van der Waals surface area contributed by atoms with E-state index in [0.29, 0.717) is 24.3 Å². The van der Waals surface area contributed by atoms with Crippen molar-refractivity contribution in [2.75, 3.05) is 13.7 Å². The van der Waals surface area contributed by atoms with Gasteiger partial charge >= 0.3 is 5.97 Å². The van der Waals surface area contributed by atoms with Gasteiger partial charge in [0.2, 0.25) is 0 Å². The summed E-state index contributed by atoms with van der Waals surface area (Å²) in [6, 6.07) is 13.1. The Kier molecular flexibility index (Phi) is 3.68. The Balaban J connectivity index is 1.51. The number of carbonyl (C=O) groups is 2. The van der Waals surface area contributed by atoms with Crippen molar-refractivity contribution in [3.63, 3.8) is 0 Å². The number of aromatic amines is 2. The molecule has 2 aromatic carbocycles. The summed E-state index contributed by atoms with van der Waals surface area (Å²) in [6.07, 6.45) is 0.728. The van der Waals surface area contributed by atoms with E-state index in [0.717, 1.165) is 39.5 Å². The number of carbonyl (C=O) groups excluding carboxylic acids is 2. The number of para-hydroxylation sites is 1. The Morgan fingerprint density at radius 3 is 2.82 bits per heavy atom. The van der Waals surface area contributed by atoms with E-state index in [1.807, 2.05) is 41.3 Å². The van der Waals surface area contributed by atoms with Gasteiger partial charge in [-0.15, -0.1) is 0 Å². The van der Waals surface area contributed by atoms with Gasteiger partial charge in [-0.3, -0.25) is 9.89 Å². The summed E-state index contributed by atoms with van der Waals surface area (Å²) in [4.78, 5) is 30.2. The van der Waals surface area contributed by atoms with Gasteiger partial charge in [0.1, 0.15) is 0 Å².